The minimum Gasteiger partial charge on any atom is -0.378 e. The number of hydrogen-bond acceptors (Lipinski definition) is 3. The number of nitrogens with one attached hydrogen (secondary N) is 2. The van der Waals surface area contributed by atoms with Gasteiger partial charge in [0.05, 0.1) is 17.1 Å². The summed E-state index contributed by atoms with van der Waals surface area (Å²) in [5, 5.41) is 0. The Bertz CT molecular complexity index is 746. The molecule has 112 valence electrons. The third-order valence-corrected chi connectivity index (χ3v) is 4.86. The molecule has 0 saturated carbocycles. The first-order valence-electron chi connectivity index (χ1n) is 7.15. The van der Waals surface area contributed by atoms with E-state index < -0.39 is 11.1 Å². The van der Waals surface area contributed by atoms with Gasteiger partial charge < -0.3 is 14.7 Å². The van der Waals surface area contributed by atoms with Crippen molar-refractivity contribution in [1.82, 2.24) is 9.97 Å². The summed E-state index contributed by atoms with van der Waals surface area (Å²) >= 11 is 3.69. The number of rotatable bonds is 4. The first-order chi connectivity index (χ1) is 10.1. The van der Waals surface area contributed by atoms with E-state index in [4.69, 9.17) is 4.74 Å². The minimum atomic E-state index is -0.621. The lowest BCUT2D eigenvalue weighted by molar-refractivity contribution is 0.102. The highest BCUT2D eigenvalue weighted by molar-refractivity contribution is 9.09. The first-order valence-corrected chi connectivity index (χ1v) is 8.07. The molecular formula is C15H17BrN2O3. The van der Waals surface area contributed by atoms with E-state index in [-0.39, 0.29) is 4.83 Å². The summed E-state index contributed by atoms with van der Waals surface area (Å²) in [6, 6.07) is 5.69. The Hall–Kier alpha value is -1.40. The van der Waals surface area contributed by atoms with Crippen LogP contribution in [0.4, 0.5) is 0 Å². The monoisotopic (exact) mass is 352 g/mol. The normalized spacial score (nSPS) is 20.0. The van der Waals surface area contributed by atoms with Crippen LogP contribution in [0.1, 0.15) is 36.1 Å². The summed E-state index contributed by atoms with van der Waals surface area (Å²) in [5.41, 5.74) is 1.14. The molecule has 0 aliphatic carbocycles. The number of aromatic nitrogens is 2. The molecule has 21 heavy (non-hydrogen) atoms. The number of fused-ring (bicyclic) bond motifs is 1. The van der Waals surface area contributed by atoms with Gasteiger partial charge in [-0.2, -0.15) is 0 Å². The van der Waals surface area contributed by atoms with Crippen LogP contribution in [-0.2, 0) is 4.74 Å². The smallest absolute Gasteiger partial charge is 0.314 e. The molecular weight excluding hydrogens is 336 g/mol. The van der Waals surface area contributed by atoms with Crippen LogP contribution < -0.4 is 11.1 Å². The summed E-state index contributed by atoms with van der Waals surface area (Å²) < 4.78 is 5.63. The van der Waals surface area contributed by atoms with Gasteiger partial charge in [0.2, 0.25) is 0 Å². The van der Waals surface area contributed by atoms with Gasteiger partial charge in [0, 0.05) is 11.4 Å². The van der Waals surface area contributed by atoms with Crippen LogP contribution in [0.5, 0.6) is 0 Å². The van der Waals surface area contributed by atoms with E-state index in [1.54, 1.807) is 0 Å². The molecule has 3 rings (SSSR count). The molecule has 1 aromatic heterocycles. The summed E-state index contributed by atoms with van der Waals surface area (Å²) in [6.45, 7) is 0.877. The fourth-order valence-corrected chi connectivity index (χ4v) is 3.25. The van der Waals surface area contributed by atoms with Crippen molar-refractivity contribution in [3.05, 3.63) is 44.5 Å². The van der Waals surface area contributed by atoms with E-state index in [1.807, 2.05) is 18.2 Å². The summed E-state index contributed by atoms with van der Waals surface area (Å²) in [5.74, 6) is 0. The van der Waals surface area contributed by atoms with Gasteiger partial charge in [-0.1, -0.05) is 22.0 Å². The maximum atomic E-state index is 11.4. The highest BCUT2D eigenvalue weighted by atomic mass is 79.9. The van der Waals surface area contributed by atoms with E-state index in [9.17, 15) is 9.59 Å². The minimum absolute atomic E-state index is 0.210. The maximum Gasteiger partial charge on any atom is 0.314 e. The average Bonchev–Trinajstić information content (AvgIpc) is 2.99. The zero-order valence-corrected chi connectivity index (χ0v) is 13.1. The van der Waals surface area contributed by atoms with Gasteiger partial charge in [-0.3, -0.25) is 9.59 Å². The molecule has 2 unspecified atom stereocenters. The van der Waals surface area contributed by atoms with Crippen molar-refractivity contribution in [2.45, 2.75) is 36.6 Å². The molecule has 0 amide bonds. The maximum absolute atomic E-state index is 11.4. The number of aromatic amines is 2. The molecule has 1 aromatic carbocycles. The van der Waals surface area contributed by atoms with Gasteiger partial charge in [-0.05, 0) is 43.4 Å². The molecule has 2 atom stereocenters. The second-order valence-electron chi connectivity index (χ2n) is 5.39. The predicted octanol–water partition coefficient (Wildman–Crippen LogP) is 2.61. The van der Waals surface area contributed by atoms with Crippen LogP contribution >= 0.6 is 15.9 Å². The van der Waals surface area contributed by atoms with Crippen molar-refractivity contribution in [3.8, 4) is 0 Å². The van der Waals surface area contributed by atoms with Crippen LogP contribution in [0.25, 0.3) is 11.0 Å². The van der Waals surface area contributed by atoms with Gasteiger partial charge in [0.15, 0.2) is 0 Å². The zero-order chi connectivity index (χ0) is 14.8. The fourth-order valence-electron chi connectivity index (χ4n) is 2.70. The van der Waals surface area contributed by atoms with Crippen molar-refractivity contribution in [3.63, 3.8) is 0 Å². The SMILES string of the molecule is O=c1[nH]c2ccc(C(Br)CCC3CCCO3)cc2[nH]c1=O. The Morgan fingerprint density at radius 1 is 1.24 bits per heavy atom. The van der Waals surface area contributed by atoms with Crippen LogP contribution in [0.15, 0.2) is 27.8 Å². The zero-order valence-electron chi connectivity index (χ0n) is 11.5. The molecule has 0 radical (unpaired) electrons. The lowest BCUT2D eigenvalue weighted by Crippen LogP contribution is -2.28. The van der Waals surface area contributed by atoms with Crippen LogP contribution in [0.2, 0.25) is 0 Å². The number of H-pyrrole nitrogens is 2. The van der Waals surface area contributed by atoms with Crippen molar-refractivity contribution >= 4 is 27.0 Å². The van der Waals surface area contributed by atoms with Crippen molar-refractivity contribution in [2.75, 3.05) is 6.61 Å². The molecule has 1 aliphatic rings. The van der Waals surface area contributed by atoms with E-state index in [0.717, 1.165) is 37.9 Å². The predicted molar refractivity (Wildman–Crippen MR) is 85.1 cm³/mol. The summed E-state index contributed by atoms with van der Waals surface area (Å²) in [4.78, 5) is 28.0. The molecule has 1 fully saturated rings. The average molecular weight is 353 g/mol. The van der Waals surface area contributed by atoms with Gasteiger partial charge in [-0.15, -0.1) is 0 Å². The molecule has 6 heteroatoms. The quantitative estimate of drug-likeness (QED) is 0.655. The lowest BCUT2D eigenvalue weighted by Gasteiger charge is -2.14. The third-order valence-electron chi connectivity index (χ3n) is 3.87. The number of hydrogen-bond donors (Lipinski definition) is 2. The Labute approximate surface area is 129 Å². The van der Waals surface area contributed by atoms with Crippen LogP contribution in [-0.4, -0.2) is 22.7 Å². The Morgan fingerprint density at radius 2 is 2.00 bits per heavy atom. The van der Waals surface area contributed by atoms with Crippen LogP contribution in [0.3, 0.4) is 0 Å². The van der Waals surface area contributed by atoms with Gasteiger partial charge in [-0.25, -0.2) is 0 Å². The third kappa shape index (κ3) is 3.27. The van der Waals surface area contributed by atoms with Crippen molar-refractivity contribution in [2.24, 2.45) is 0 Å². The number of ether oxygens (including phenoxy) is 1. The van der Waals surface area contributed by atoms with E-state index in [0.29, 0.717) is 17.1 Å². The fraction of sp³-hybridized carbons (Fsp3) is 0.467. The molecule has 0 bridgehead atoms. The van der Waals surface area contributed by atoms with Gasteiger partial charge >= 0.3 is 11.1 Å². The molecule has 2 heterocycles. The van der Waals surface area contributed by atoms with Crippen molar-refractivity contribution in [1.29, 1.82) is 0 Å². The topological polar surface area (TPSA) is 75.0 Å². The second-order valence-corrected chi connectivity index (χ2v) is 6.50. The molecule has 2 aromatic rings. The molecule has 1 aliphatic heterocycles. The standard InChI is InChI=1S/C15H17BrN2O3/c16-11(5-4-10-2-1-7-21-10)9-3-6-12-13(8-9)18-15(20)14(19)17-12/h3,6,8,10-11H,1-2,4-5,7H2,(H,17,19)(H,18,20). The number of benzene rings is 1. The first kappa shape index (κ1) is 14.5. The molecule has 1 saturated heterocycles. The van der Waals surface area contributed by atoms with E-state index in [1.165, 1.54) is 0 Å². The Kier molecular flexibility index (Phi) is 4.26. The summed E-state index contributed by atoms with van der Waals surface area (Å²) in [6.07, 6.45) is 4.68. The Morgan fingerprint density at radius 3 is 2.71 bits per heavy atom. The largest absolute Gasteiger partial charge is 0.378 e. The number of alkyl halides is 1. The summed E-state index contributed by atoms with van der Waals surface area (Å²) in [7, 11) is 0. The van der Waals surface area contributed by atoms with E-state index >= 15 is 0 Å². The molecule has 0 spiro atoms. The molecule has 2 N–H and O–H groups in total. The van der Waals surface area contributed by atoms with Crippen molar-refractivity contribution < 1.29 is 4.74 Å². The number of halogens is 1. The van der Waals surface area contributed by atoms with Gasteiger partial charge in [0.1, 0.15) is 0 Å². The highest BCUT2D eigenvalue weighted by Crippen LogP contribution is 2.31. The Balaban J connectivity index is 1.77. The highest BCUT2D eigenvalue weighted by Gasteiger charge is 2.17. The van der Waals surface area contributed by atoms with Crippen LogP contribution in [0, 0.1) is 0 Å². The second kappa shape index (κ2) is 6.15. The lowest BCUT2D eigenvalue weighted by atomic mass is 10.0. The van der Waals surface area contributed by atoms with E-state index in [2.05, 4.69) is 25.9 Å². The molecule has 5 nitrogen and oxygen atoms in total. The van der Waals surface area contributed by atoms with Gasteiger partial charge in [0.25, 0.3) is 0 Å².